The van der Waals surface area contributed by atoms with Crippen LogP contribution in [0, 0.1) is 21.4 Å². The quantitative estimate of drug-likeness (QED) is 0.579. The lowest BCUT2D eigenvalue weighted by Crippen LogP contribution is -2.13. The molecule has 0 heterocycles. The minimum atomic E-state index is -0.652. The Labute approximate surface area is 99.8 Å². The molecule has 0 aromatic heterocycles. The van der Waals surface area contributed by atoms with Gasteiger partial charge in [0.15, 0.2) is 11.9 Å². The van der Waals surface area contributed by atoms with E-state index in [9.17, 15) is 10.1 Å². The van der Waals surface area contributed by atoms with E-state index in [1.165, 1.54) is 6.07 Å². The number of nitrogens with zero attached hydrogens (tertiary/aromatic N) is 2. The fourth-order valence-electron chi connectivity index (χ4n) is 1.38. The maximum atomic E-state index is 10.9. The van der Waals surface area contributed by atoms with E-state index in [0.717, 1.165) is 12.0 Å². The summed E-state index contributed by atoms with van der Waals surface area (Å²) < 4.78 is 5.30. The molecule has 5 heteroatoms. The average Bonchev–Trinajstić information content (AvgIpc) is 2.35. The van der Waals surface area contributed by atoms with Gasteiger partial charge in [-0.05, 0) is 24.5 Å². The number of benzene rings is 1. The van der Waals surface area contributed by atoms with Crippen molar-refractivity contribution in [3.8, 4) is 11.8 Å². The van der Waals surface area contributed by atoms with Gasteiger partial charge in [0.05, 0.1) is 4.92 Å². The fraction of sp³-hybridized carbons (Fsp3) is 0.417. The molecular weight excluding hydrogens is 220 g/mol. The number of nitro groups is 1. The van der Waals surface area contributed by atoms with Gasteiger partial charge < -0.3 is 4.74 Å². The zero-order valence-electron chi connectivity index (χ0n) is 9.84. The van der Waals surface area contributed by atoms with E-state index in [0.29, 0.717) is 6.42 Å². The van der Waals surface area contributed by atoms with Crippen molar-refractivity contribution in [2.75, 3.05) is 0 Å². The van der Waals surface area contributed by atoms with Gasteiger partial charge in [0.2, 0.25) is 0 Å². The molecule has 0 saturated carbocycles. The van der Waals surface area contributed by atoms with Crippen LogP contribution in [0.4, 0.5) is 5.69 Å². The third-order valence-corrected chi connectivity index (χ3v) is 2.41. The van der Waals surface area contributed by atoms with E-state index in [-0.39, 0.29) is 11.4 Å². The Hall–Kier alpha value is -2.09. The van der Waals surface area contributed by atoms with Crippen molar-refractivity contribution < 1.29 is 9.66 Å². The van der Waals surface area contributed by atoms with Crippen molar-refractivity contribution in [3.63, 3.8) is 0 Å². The number of ether oxygens (including phenoxy) is 1. The van der Waals surface area contributed by atoms with Crippen LogP contribution in [0.5, 0.6) is 5.75 Å². The summed E-state index contributed by atoms with van der Waals surface area (Å²) in [5.41, 5.74) is 0.784. The smallest absolute Gasteiger partial charge is 0.311 e. The molecule has 0 aliphatic carbocycles. The summed E-state index contributed by atoms with van der Waals surface area (Å²) in [5, 5.41) is 19.7. The Morgan fingerprint density at radius 1 is 1.53 bits per heavy atom. The fourth-order valence-corrected chi connectivity index (χ4v) is 1.38. The van der Waals surface area contributed by atoms with Gasteiger partial charge in [0, 0.05) is 6.07 Å². The second-order valence-corrected chi connectivity index (χ2v) is 3.56. The zero-order valence-corrected chi connectivity index (χ0v) is 9.84. The first-order chi connectivity index (χ1) is 8.12. The van der Waals surface area contributed by atoms with Crippen molar-refractivity contribution in [2.45, 2.75) is 32.8 Å². The molecule has 1 unspecified atom stereocenters. The molecule has 17 heavy (non-hydrogen) atoms. The lowest BCUT2D eigenvalue weighted by molar-refractivity contribution is -0.386. The number of hydrogen-bond donors (Lipinski definition) is 0. The molecular formula is C12H14N2O3. The van der Waals surface area contributed by atoms with Gasteiger partial charge in [-0.15, -0.1) is 0 Å². The van der Waals surface area contributed by atoms with E-state index in [4.69, 9.17) is 10.00 Å². The molecule has 0 fully saturated rings. The molecule has 1 atom stereocenters. The van der Waals surface area contributed by atoms with Crippen LogP contribution in [-0.4, -0.2) is 11.0 Å². The molecule has 0 aliphatic rings. The van der Waals surface area contributed by atoms with Crippen LogP contribution in [-0.2, 0) is 6.42 Å². The summed E-state index contributed by atoms with van der Waals surface area (Å²) in [4.78, 5) is 10.4. The maximum Gasteiger partial charge on any atom is 0.311 e. The number of nitro benzene ring substituents is 1. The van der Waals surface area contributed by atoms with Crippen molar-refractivity contribution in [1.29, 1.82) is 5.26 Å². The highest BCUT2D eigenvalue weighted by atomic mass is 16.6. The summed E-state index contributed by atoms with van der Waals surface area (Å²) in [6.07, 6.45) is 0.556. The monoisotopic (exact) mass is 234 g/mol. The predicted octanol–water partition coefficient (Wildman–Crippen LogP) is 2.84. The van der Waals surface area contributed by atoms with Crippen molar-refractivity contribution >= 4 is 5.69 Å². The van der Waals surface area contributed by atoms with E-state index in [2.05, 4.69) is 0 Å². The van der Waals surface area contributed by atoms with Crippen LogP contribution in [0.1, 0.15) is 25.8 Å². The second-order valence-electron chi connectivity index (χ2n) is 3.56. The first-order valence-electron chi connectivity index (χ1n) is 5.45. The van der Waals surface area contributed by atoms with Crippen LogP contribution in [0.25, 0.3) is 0 Å². The van der Waals surface area contributed by atoms with Gasteiger partial charge in [0.25, 0.3) is 0 Å². The zero-order chi connectivity index (χ0) is 12.8. The predicted molar refractivity (Wildman–Crippen MR) is 62.8 cm³/mol. The SMILES string of the molecule is CCc1ccc(OC(C#N)CC)c([N+](=O)[O-])c1. The Morgan fingerprint density at radius 2 is 2.24 bits per heavy atom. The Kier molecular flexibility index (Phi) is 4.46. The minimum absolute atomic E-state index is 0.0851. The van der Waals surface area contributed by atoms with E-state index in [1.807, 2.05) is 13.0 Å². The van der Waals surface area contributed by atoms with Gasteiger partial charge >= 0.3 is 5.69 Å². The number of nitriles is 1. The van der Waals surface area contributed by atoms with E-state index >= 15 is 0 Å². The van der Waals surface area contributed by atoms with Gasteiger partial charge in [-0.25, -0.2) is 0 Å². The van der Waals surface area contributed by atoms with E-state index < -0.39 is 11.0 Å². The molecule has 1 aromatic rings. The van der Waals surface area contributed by atoms with Gasteiger partial charge in [-0.2, -0.15) is 5.26 Å². The number of hydrogen-bond acceptors (Lipinski definition) is 4. The molecule has 0 amide bonds. The first-order valence-corrected chi connectivity index (χ1v) is 5.45. The average molecular weight is 234 g/mol. The van der Waals surface area contributed by atoms with Gasteiger partial charge in [0.1, 0.15) is 6.07 Å². The highest BCUT2D eigenvalue weighted by Crippen LogP contribution is 2.29. The molecule has 1 rings (SSSR count). The van der Waals surface area contributed by atoms with Gasteiger partial charge in [-0.1, -0.05) is 19.9 Å². The van der Waals surface area contributed by atoms with Gasteiger partial charge in [-0.3, -0.25) is 10.1 Å². The normalized spacial score (nSPS) is 11.6. The van der Waals surface area contributed by atoms with Crippen LogP contribution in [0.2, 0.25) is 0 Å². The summed E-state index contributed by atoms with van der Waals surface area (Å²) in [6.45, 7) is 3.71. The molecule has 0 N–H and O–H groups in total. The second kappa shape index (κ2) is 5.85. The maximum absolute atomic E-state index is 10.9. The van der Waals surface area contributed by atoms with Crippen LogP contribution in [0.3, 0.4) is 0 Å². The topological polar surface area (TPSA) is 76.2 Å². The Balaban J connectivity index is 3.07. The Morgan fingerprint density at radius 3 is 2.71 bits per heavy atom. The number of rotatable bonds is 5. The highest BCUT2D eigenvalue weighted by molar-refractivity contribution is 5.49. The summed E-state index contributed by atoms with van der Waals surface area (Å²) in [5.74, 6) is 0.153. The Bertz CT molecular complexity index is 452. The molecule has 90 valence electrons. The minimum Gasteiger partial charge on any atom is -0.468 e. The highest BCUT2D eigenvalue weighted by Gasteiger charge is 2.18. The third-order valence-electron chi connectivity index (χ3n) is 2.41. The summed E-state index contributed by atoms with van der Waals surface area (Å²) in [7, 11) is 0. The first kappa shape index (κ1) is 13.0. The third kappa shape index (κ3) is 3.18. The molecule has 1 aromatic carbocycles. The summed E-state index contributed by atoms with van der Waals surface area (Å²) in [6, 6.07) is 6.76. The lowest BCUT2D eigenvalue weighted by Gasteiger charge is -2.10. The molecule has 5 nitrogen and oxygen atoms in total. The van der Waals surface area contributed by atoms with E-state index in [1.54, 1.807) is 19.1 Å². The van der Waals surface area contributed by atoms with Crippen molar-refractivity contribution in [2.24, 2.45) is 0 Å². The largest absolute Gasteiger partial charge is 0.468 e. The van der Waals surface area contributed by atoms with Crippen molar-refractivity contribution in [3.05, 3.63) is 33.9 Å². The standard InChI is InChI=1S/C12H14N2O3/c1-3-9-5-6-12(11(7-9)14(15)16)17-10(4-2)8-13/h5-7,10H,3-4H2,1-2H3. The van der Waals surface area contributed by atoms with Crippen LogP contribution in [0.15, 0.2) is 18.2 Å². The van der Waals surface area contributed by atoms with Crippen LogP contribution < -0.4 is 4.74 Å². The number of aryl methyl sites for hydroxylation is 1. The van der Waals surface area contributed by atoms with Crippen molar-refractivity contribution in [1.82, 2.24) is 0 Å². The molecule has 0 spiro atoms. The molecule has 0 bridgehead atoms. The summed E-state index contributed by atoms with van der Waals surface area (Å²) >= 11 is 0. The molecule has 0 aliphatic heterocycles. The molecule has 0 radical (unpaired) electrons. The lowest BCUT2D eigenvalue weighted by atomic mass is 10.1. The molecule has 0 saturated heterocycles. The van der Waals surface area contributed by atoms with Crippen LogP contribution >= 0.6 is 0 Å².